The molecule has 138 valence electrons. The summed E-state index contributed by atoms with van der Waals surface area (Å²) in [5.74, 6) is 0.773. The van der Waals surface area contributed by atoms with Crippen molar-refractivity contribution in [2.75, 3.05) is 12.9 Å². The highest BCUT2D eigenvalue weighted by Gasteiger charge is 2.30. The Bertz CT molecular complexity index is 798. The fraction of sp³-hybridized carbons (Fsp3) is 0.278. The molecule has 0 aromatic heterocycles. The van der Waals surface area contributed by atoms with E-state index in [4.69, 9.17) is 37.8 Å². The zero-order chi connectivity index (χ0) is 18.7. The molecular formula is C18H17Cl2NO4S. The van der Waals surface area contributed by atoms with E-state index in [1.165, 1.54) is 0 Å². The first-order valence-corrected chi connectivity index (χ1v) is 9.64. The highest BCUT2D eigenvalue weighted by molar-refractivity contribution is 7.99. The number of thioether (sulfide) groups is 1. The van der Waals surface area contributed by atoms with Gasteiger partial charge in [0.25, 0.3) is 0 Å². The molecule has 0 saturated carbocycles. The van der Waals surface area contributed by atoms with Crippen molar-refractivity contribution in [1.82, 2.24) is 5.32 Å². The van der Waals surface area contributed by atoms with Crippen LogP contribution in [0.3, 0.4) is 0 Å². The molecule has 1 aliphatic rings. The van der Waals surface area contributed by atoms with Gasteiger partial charge in [0.15, 0.2) is 5.75 Å². The third-order valence-corrected chi connectivity index (χ3v) is 5.84. The zero-order valence-electron chi connectivity index (χ0n) is 13.9. The maximum atomic E-state index is 11.1. The second kappa shape index (κ2) is 8.39. The number of hydrogen-bond donors (Lipinski definition) is 2. The SMILES string of the molecule is COc1ccc([C@@H]2N[C@H](C(=O)O)CS2)cc1COc1c(Cl)cccc1Cl. The van der Waals surface area contributed by atoms with Crippen LogP contribution in [0.1, 0.15) is 16.5 Å². The van der Waals surface area contributed by atoms with Crippen molar-refractivity contribution < 1.29 is 19.4 Å². The summed E-state index contributed by atoms with van der Waals surface area (Å²) < 4.78 is 11.2. The van der Waals surface area contributed by atoms with Crippen molar-refractivity contribution in [3.63, 3.8) is 0 Å². The largest absolute Gasteiger partial charge is 0.496 e. The Morgan fingerprint density at radius 3 is 2.65 bits per heavy atom. The van der Waals surface area contributed by atoms with Crippen molar-refractivity contribution in [3.05, 3.63) is 57.6 Å². The summed E-state index contributed by atoms with van der Waals surface area (Å²) in [6.45, 7) is 0.222. The van der Waals surface area contributed by atoms with Gasteiger partial charge in [-0.1, -0.05) is 35.3 Å². The van der Waals surface area contributed by atoms with Gasteiger partial charge in [0.2, 0.25) is 0 Å². The van der Waals surface area contributed by atoms with Crippen LogP contribution in [-0.2, 0) is 11.4 Å². The Hall–Kier alpha value is -1.60. The number of para-hydroxylation sites is 1. The Morgan fingerprint density at radius 2 is 2.04 bits per heavy atom. The average molecular weight is 414 g/mol. The summed E-state index contributed by atoms with van der Waals surface area (Å²) in [5, 5.41) is 13.0. The Morgan fingerprint density at radius 1 is 1.31 bits per heavy atom. The fourth-order valence-corrected chi connectivity index (χ4v) is 4.38. The molecule has 26 heavy (non-hydrogen) atoms. The normalized spacial score (nSPS) is 19.3. The maximum absolute atomic E-state index is 11.1. The van der Waals surface area contributed by atoms with Crippen molar-refractivity contribution in [1.29, 1.82) is 0 Å². The van der Waals surface area contributed by atoms with Gasteiger partial charge in [0.05, 0.1) is 22.5 Å². The molecule has 2 aromatic rings. The van der Waals surface area contributed by atoms with Crippen LogP contribution in [0.15, 0.2) is 36.4 Å². The number of ether oxygens (including phenoxy) is 2. The lowest BCUT2D eigenvalue weighted by Gasteiger charge is -2.16. The molecule has 1 saturated heterocycles. The summed E-state index contributed by atoms with van der Waals surface area (Å²) in [5.41, 5.74) is 1.78. The van der Waals surface area contributed by atoms with Crippen LogP contribution in [0.2, 0.25) is 10.0 Å². The van der Waals surface area contributed by atoms with E-state index < -0.39 is 12.0 Å². The van der Waals surface area contributed by atoms with Gasteiger partial charge in [0.1, 0.15) is 18.4 Å². The van der Waals surface area contributed by atoms with Gasteiger partial charge in [-0.2, -0.15) is 0 Å². The zero-order valence-corrected chi connectivity index (χ0v) is 16.2. The number of carboxylic acids is 1. The molecule has 0 amide bonds. The van der Waals surface area contributed by atoms with E-state index in [-0.39, 0.29) is 12.0 Å². The molecule has 2 aromatic carbocycles. The van der Waals surface area contributed by atoms with E-state index >= 15 is 0 Å². The lowest BCUT2D eigenvalue weighted by Crippen LogP contribution is -2.33. The smallest absolute Gasteiger partial charge is 0.321 e. The van der Waals surface area contributed by atoms with Gasteiger partial charge in [0, 0.05) is 11.3 Å². The number of methoxy groups -OCH3 is 1. The number of rotatable bonds is 6. The first-order chi connectivity index (χ1) is 12.5. The van der Waals surface area contributed by atoms with E-state index in [0.29, 0.717) is 27.3 Å². The van der Waals surface area contributed by atoms with Crippen LogP contribution in [0, 0.1) is 0 Å². The van der Waals surface area contributed by atoms with E-state index in [0.717, 1.165) is 11.1 Å². The molecule has 0 bridgehead atoms. The molecule has 0 aliphatic carbocycles. The molecule has 0 radical (unpaired) electrons. The van der Waals surface area contributed by atoms with Crippen molar-refractivity contribution >= 4 is 40.9 Å². The quantitative estimate of drug-likeness (QED) is 0.732. The van der Waals surface area contributed by atoms with Crippen molar-refractivity contribution in [2.45, 2.75) is 18.0 Å². The molecule has 0 spiro atoms. The standard InChI is InChI=1S/C18H17Cl2NO4S/c1-24-15-6-5-10(17-21-14(9-26-17)18(22)23)7-11(15)8-25-16-12(19)3-2-4-13(16)20/h2-7,14,17,21H,8-9H2,1H3,(H,22,23)/t14-,17+/m0/s1. The summed E-state index contributed by atoms with van der Waals surface area (Å²) in [6, 6.07) is 10.3. The molecule has 2 N–H and O–H groups in total. The topological polar surface area (TPSA) is 67.8 Å². The summed E-state index contributed by atoms with van der Waals surface area (Å²) in [7, 11) is 1.59. The highest BCUT2D eigenvalue weighted by atomic mass is 35.5. The monoisotopic (exact) mass is 413 g/mol. The Balaban J connectivity index is 1.79. The molecule has 3 rings (SSSR count). The fourth-order valence-electron chi connectivity index (χ4n) is 2.65. The second-order valence-corrected chi connectivity index (χ2v) is 7.63. The van der Waals surface area contributed by atoms with Crippen LogP contribution in [0.25, 0.3) is 0 Å². The first-order valence-electron chi connectivity index (χ1n) is 7.83. The summed E-state index contributed by atoms with van der Waals surface area (Å²) >= 11 is 13.8. The minimum absolute atomic E-state index is 0.0929. The van der Waals surface area contributed by atoms with Crippen molar-refractivity contribution in [3.8, 4) is 11.5 Å². The second-order valence-electron chi connectivity index (χ2n) is 5.68. The molecule has 8 heteroatoms. The van der Waals surface area contributed by atoms with Gasteiger partial charge in [-0.3, -0.25) is 10.1 Å². The van der Waals surface area contributed by atoms with Crippen LogP contribution in [-0.4, -0.2) is 30.0 Å². The van der Waals surface area contributed by atoms with E-state index in [1.54, 1.807) is 37.1 Å². The predicted molar refractivity (Wildman–Crippen MR) is 104 cm³/mol. The molecule has 1 aliphatic heterocycles. The van der Waals surface area contributed by atoms with Gasteiger partial charge >= 0.3 is 5.97 Å². The maximum Gasteiger partial charge on any atom is 0.321 e. The third kappa shape index (κ3) is 4.20. The van der Waals surface area contributed by atoms with Crippen molar-refractivity contribution in [2.24, 2.45) is 0 Å². The molecule has 1 heterocycles. The van der Waals surface area contributed by atoms with Crippen LogP contribution in [0.5, 0.6) is 11.5 Å². The lowest BCUT2D eigenvalue weighted by atomic mass is 10.1. The molecule has 0 unspecified atom stereocenters. The van der Waals surface area contributed by atoms with E-state index in [1.807, 2.05) is 18.2 Å². The summed E-state index contributed by atoms with van der Waals surface area (Å²) in [6.07, 6.45) is 0. The number of carbonyl (C=O) groups is 1. The van der Waals surface area contributed by atoms with Gasteiger partial charge in [-0.15, -0.1) is 11.8 Å². The van der Waals surface area contributed by atoms with Crippen LogP contribution >= 0.6 is 35.0 Å². The number of nitrogens with one attached hydrogen (secondary N) is 1. The number of benzene rings is 2. The van der Waals surface area contributed by atoms with Gasteiger partial charge in [-0.25, -0.2) is 0 Å². The van der Waals surface area contributed by atoms with Gasteiger partial charge in [-0.05, 0) is 29.8 Å². The molecule has 5 nitrogen and oxygen atoms in total. The third-order valence-electron chi connectivity index (χ3n) is 3.98. The van der Waals surface area contributed by atoms with E-state index in [2.05, 4.69) is 5.32 Å². The van der Waals surface area contributed by atoms with Crippen LogP contribution in [0.4, 0.5) is 0 Å². The number of aliphatic carboxylic acids is 1. The predicted octanol–water partition coefficient (Wildman–Crippen LogP) is 4.37. The number of halogens is 2. The van der Waals surface area contributed by atoms with Crippen LogP contribution < -0.4 is 14.8 Å². The summed E-state index contributed by atoms with van der Waals surface area (Å²) in [4.78, 5) is 11.1. The lowest BCUT2D eigenvalue weighted by molar-refractivity contribution is -0.138. The number of hydrogen-bond acceptors (Lipinski definition) is 5. The Labute approximate surface area is 165 Å². The van der Waals surface area contributed by atoms with Gasteiger partial charge < -0.3 is 14.6 Å². The molecule has 2 atom stereocenters. The number of carboxylic acid groups (broad SMARTS) is 1. The minimum atomic E-state index is -0.842. The molecule has 1 fully saturated rings. The highest BCUT2D eigenvalue weighted by Crippen LogP contribution is 2.36. The van der Waals surface area contributed by atoms with E-state index in [9.17, 15) is 4.79 Å². The average Bonchev–Trinajstić information content (AvgIpc) is 3.11. The Kier molecular flexibility index (Phi) is 6.19. The molecular weight excluding hydrogens is 397 g/mol. The minimum Gasteiger partial charge on any atom is -0.496 e. The first kappa shape index (κ1) is 19.2.